The molecule has 0 saturated carbocycles. The molecule has 0 aliphatic carbocycles. The second kappa shape index (κ2) is 7.02. The smallest absolute Gasteiger partial charge is 0.317 e. The second-order valence-corrected chi connectivity index (χ2v) is 5.65. The molecule has 0 bridgehead atoms. The van der Waals surface area contributed by atoms with E-state index in [1.54, 1.807) is 29.4 Å². The van der Waals surface area contributed by atoms with Gasteiger partial charge in [-0.1, -0.05) is 17.7 Å². The largest absolute Gasteiger partial charge is 0.467 e. The highest BCUT2D eigenvalue weighted by Gasteiger charge is 2.26. The van der Waals surface area contributed by atoms with Crippen LogP contribution in [0.1, 0.15) is 17.4 Å². The van der Waals surface area contributed by atoms with Crippen molar-refractivity contribution in [2.75, 3.05) is 19.7 Å². The highest BCUT2D eigenvalue weighted by molar-refractivity contribution is 6.30. The number of carbonyl (C=O) groups excluding carboxylic acids is 1. The number of ether oxygens (including phenoxy) is 1. The third-order valence-electron chi connectivity index (χ3n) is 3.66. The fourth-order valence-corrected chi connectivity index (χ4v) is 2.59. The van der Waals surface area contributed by atoms with Crippen LogP contribution >= 0.6 is 11.6 Å². The van der Waals surface area contributed by atoms with E-state index in [1.807, 2.05) is 6.07 Å². The van der Waals surface area contributed by atoms with Crippen molar-refractivity contribution in [3.05, 3.63) is 58.8 Å². The SMILES string of the molecule is O=C(NCc1ccc(Cl)cc1F)N1CCO[C@@H](c2ccco2)C1. The van der Waals surface area contributed by atoms with Gasteiger partial charge in [-0.3, -0.25) is 0 Å². The summed E-state index contributed by atoms with van der Waals surface area (Å²) >= 11 is 5.71. The lowest BCUT2D eigenvalue weighted by molar-refractivity contribution is -0.0260. The number of furan rings is 1. The minimum Gasteiger partial charge on any atom is -0.467 e. The first-order valence-electron chi connectivity index (χ1n) is 7.25. The highest BCUT2D eigenvalue weighted by atomic mass is 35.5. The summed E-state index contributed by atoms with van der Waals surface area (Å²) in [5, 5.41) is 3.04. The first-order valence-corrected chi connectivity index (χ1v) is 7.63. The van der Waals surface area contributed by atoms with Crippen molar-refractivity contribution < 1.29 is 18.3 Å². The maximum Gasteiger partial charge on any atom is 0.317 e. The summed E-state index contributed by atoms with van der Waals surface area (Å²) in [7, 11) is 0. The lowest BCUT2D eigenvalue weighted by Crippen LogP contribution is -2.46. The van der Waals surface area contributed by atoms with Crippen LogP contribution in [0.5, 0.6) is 0 Å². The van der Waals surface area contributed by atoms with E-state index < -0.39 is 5.82 Å². The van der Waals surface area contributed by atoms with E-state index in [1.165, 1.54) is 6.07 Å². The second-order valence-electron chi connectivity index (χ2n) is 5.22. The van der Waals surface area contributed by atoms with Crippen molar-refractivity contribution in [2.45, 2.75) is 12.6 Å². The molecule has 1 saturated heterocycles. The lowest BCUT2D eigenvalue weighted by Gasteiger charge is -2.32. The van der Waals surface area contributed by atoms with Crippen molar-refractivity contribution >= 4 is 17.6 Å². The molecule has 1 aliphatic rings. The number of rotatable bonds is 3. The number of urea groups is 1. The molecule has 5 nitrogen and oxygen atoms in total. The molecule has 0 unspecified atom stereocenters. The van der Waals surface area contributed by atoms with Crippen molar-refractivity contribution in [1.29, 1.82) is 0 Å². The Morgan fingerprint density at radius 2 is 2.30 bits per heavy atom. The van der Waals surface area contributed by atoms with Crippen LogP contribution in [0.25, 0.3) is 0 Å². The molecular formula is C16H16ClFN2O3. The topological polar surface area (TPSA) is 54.7 Å². The predicted octanol–water partition coefficient (Wildman–Crippen LogP) is 3.36. The van der Waals surface area contributed by atoms with Crippen LogP contribution in [-0.4, -0.2) is 30.6 Å². The summed E-state index contributed by atoms with van der Waals surface area (Å²) in [6, 6.07) is 7.71. The van der Waals surface area contributed by atoms with Gasteiger partial charge in [0.1, 0.15) is 17.7 Å². The number of carbonyl (C=O) groups is 1. The fraction of sp³-hybridized carbons (Fsp3) is 0.312. The number of benzene rings is 1. The molecule has 1 atom stereocenters. The Kier molecular flexibility index (Phi) is 4.83. The number of amides is 2. The highest BCUT2D eigenvalue weighted by Crippen LogP contribution is 2.22. The minimum absolute atomic E-state index is 0.102. The number of hydrogen-bond acceptors (Lipinski definition) is 3. The average molecular weight is 339 g/mol. The zero-order chi connectivity index (χ0) is 16.2. The molecule has 23 heavy (non-hydrogen) atoms. The molecule has 1 fully saturated rings. The minimum atomic E-state index is -0.437. The van der Waals surface area contributed by atoms with Gasteiger partial charge in [0, 0.05) is 23.7 Å². The number of hydrogen-bond donors (Lipinski definition) is 1. The molecule has 1 aromatic heterocycles. The van der Waals surface area contributed by atoms with Crippen molar-refractivity contribution in [3.8, 4) is 0 Å². The summed E-state index contributed by atoms with van der Waals surface area (Å²) in [4.78, 5) is 13.9. The summed E-state index contributed by atoms with van der Waals surface area (Å²) in [6.07, 6.45) is 1.29. The Bertz CT molecular complexity index is 678. The Hall–Kier alpha value is -2.05. The number of morpholine rings is 1. The standard InChI is InChI=1S/C16H16ClFN2O3/c17-12-4-3-11(13(18)8-12)9-19-16(21)20-5-7-23-15(10-20)14-2-1-6-22-14/h1-4,6,8,15H,5,7,9-10H2,(H,19,21)/t15-/m1/s1. The molecule has 1 aliphatic heterocycles. The molecule has 2 aromatic rings. The maximum atomic E-state index is 13.7. The molecule has 2 amide bonds. The summed E-state index contributed by atoms with van der Waals surface area (Å²) in [5.41, 5.74) is 0.388. The van der Waals surface area contributed by atoms with Gasteiger partial charge in [-0.25, -0.2) is 9.18 Å². The van der Waals surface area contributed by atoms with Gasteiger partial charge in [0.05, 0.1) is 19.4 Å². The predicted molar refractivity (Wildman–Crippen MR) is 82.6 cm³/mol. The van der Waals surface area contributed by atoms with E-state index in [2.05, 4.69) is 5.32 Å². The van der Waals surface area contributed by atoms with Gasteiger partial charge in [0.15, 0.2) is 0 Å². The molecule has 1 aromatic carbocycles. The van der Waals surface area contributed by atoms with Crippen molar-refractivity contribution in [1.82, 2.24) is 10.2 Å². The van der Waals surface area contributed by atoms with Crippen molar-refractivity contribution in [3.63, 3.8) is 0 Å². The molecule has 122 valence electrons. The monoisotopic (exact) mass is 338 g/mol. The van der Waals surface area contributed by atoms with Crippen LogP contribution in [-0.2, 0) is 11.3 Å². The third kappa shape index (κ3) is 3.83. The van der Waals surface area contributed by atoms with Crippen LogP contribution in [0.4, 0.5) is 9.18 Å². The van der Waals surface area contributed by atoms with E-state index >= 15 is 0 Å². The summed E-state index contributed by atoms with van der Waals surface area (Å²) in [5.74, 6) is 0.250. The van der Waals surface area contributed by atoms with Gasteiger partial charge < -0.3 is 19.4 Å². The van der Waals surface area contributed by atoms with Gasteiger partial charge in [-0.05, 0) is 24.3 Å². The van der Waals surface area contributed by atoms with Crippen LogP contribution < -0.4 is 5.32 Å². The molecular weight excluding hydrogens is 323 g/mol. The summed E-state index contributed by atoms with van der Waals surface area (Å²) in [6.45, 7) is 1.40. The molecule has 2 heterocycles. The summed E-state index contributed by atoms with van der Waals surface area (Å²) < 4.78 is 24.6. The maximum absolute atomic E-state index is 13.7. The van der Waals surface area contributed by atoms with E-state index in [-0.39, 0.29) is 18.7 Å². The molecule has 0 radical (unpaired) electrons. The zero-order valence-corrected chi connectivity index (χ0v) is 13.1. The van der Waals surface area contributed by atoms with Gasteiger partial charge in [-0.15, -0.1) is 0 Å². The Labute approximate surface area is 138 Å². The number of nitrogens with zero attached hydrogens (tertiary/aromatic N) is 1. The fourth-order valence-electron chi connectivity index (χ4n) is 2.43. The molecule has 1 N–H and O–H groups in total. The zero-order valence-electron chi connectivity index (χ0n) is 12.3. The lowest BCUT2D eigenvalue weighted by atomic mass is 10.2. The Morgan fingerprint density at radius 3 is 3.04 bits per heavy atom. The van der Waals surface area contributed by atoms with Gasteiger partial charge in [0.25, 0.3) is 0 Å². The first kappa shape index (κ1) is 15.8. The normalized spacial score (nSPS) is 18.0. The number of nitrogens with one attached hydrogen (secondary N) is 1. The average Bonchev–Trinajstić information content (AvgIpc) is 3.08. The van der Waals surface area contributed by atoms with Gasteiger partial charge in [-0.2, -0.15) is 0 Å². The molecule has 0 spiro atoms. The Balaban J connectivity index is 1.57. The van der Waals surface area contributed by atoms with Crippen LogP contribution in [0.3, 0.4) is 0 Å². The van der Waals surface area contributed by atoms with E-state index in [9.17, 15) is 9.18 Å². The molecule has 3 rings (SSSR count). The third-order valence-corrected chi connectivity index (χ3v) is 3.89. The van der Waals surface area contributed by atoms with E-state index in [4.69, 9.17) is 20.8 Å². The van der Waals surface area contributed by atoms with Crippen LogP contribution in [0.15, 0.2) is 41.0 Å². The molecule has 7 heteroatoms. The van der Waals surface area contributed by atoms with Crippen LogP contribution in [0.2, 0.25) is 5.02 Å². The Morgan fingerprint density at radius 1 is 1.43 bits per heavy atom. The van der Waals surface area contributed by atoms with E-state index in [0.29, 0.717) is 36.0 Å². The first-order chi connectivity index (χ1) is 11.1. The van der Waals surface area contributed by atoms with Gasteiger partial charge in [0.2, 0.25) is 0 Å². The van der Waals surface area contributed by atoms with Crippen LogP contribution in [0, 0.1) is 5.82 Å². The quantitative estimate of drug-likeness (QED) is 0.933. The number of halogens is 2. The van der Waals surface area contributed by atoms with E-state index in [0.717, 1.165) is 0 Å². The van der Waals surface area contributed by atoms with Crippen molar-refractivity contribution in [2.24, 2.45) is 0 Å². The van der Waals surface area contributed by atoms with Gasteiger partial charge >= 0.3 is 6.03 Å².